The summed E-state index contributed by atoms with van der Waals surface area (Å²) in [6, 6.07) is 0. The van der Waals surface area contributed by atoms with Crippen LogP contribution in [0.5, 0.6) is 0 Å². The molecule has 0 atom stereocenters. The first kappa shape index (κ1) is 10.5. The molecule has 1 saturated carbocycles. The van der Waals surface area contributed by atoms with E-state index in [-0.39, 0.29) is 0 Å². The molecular formula is C10H19BrO. The minimum absolute atomic E-state index is 0.508. The monoisotopic (exact) mass is 234 g/mol. The van der Waals surface area contributed by atoms with Gasteiger partial charge in [0.25, 0.3) is 0 Å². The van der Waals surface area contributed by atoms with Crippen LogP contribution < -0.4 is 0 Å². The van der Waals surface area contributed by atoms with Crippen LogP contribution in [-0.4, -0.2) is 18.5 Å². The number of rotatable bonds is 6. The number of hydrogen-bond acceptors (Lipinski definition) is 1. The SMILES string of the molecule is CCCCOCC1(CBr)CCC1. The molecule has 0 aliphatic heterocycles. The molecule has 1 aliphatic rings. The van der Waals surface area contributed by atoms with Crippen molar-refractivity contribution in [3.8, 4) is 0 Å². The molecular weight excluding hydrogens is 216 g/mol. The highest BCUT2D eigenvalue weighted by Gasteiger charge is 2.35. The second kappa shape index (κ2) is 5.23. The minimum Gasteiger partial charge on any atom is -0.381 e. The third-order valence-corrected chi connectivity index (χ3v) is 3.94. The lowest BCUT2D eigenvalue weighted by atomic mass is 9.71. The van der Waals surface area contributed by atoms with E-state index in [4.69, 9.17) is 4.74 Å². The minimum atomic E-state index is 0.508. The first-order valence-corrected chi connectivity index (χ1v) is 6.09. The van der Waals surface area contributed by atoms with E-state index in [0.717, 1.165) is 18.5 Å². The fourth-order valence-electron chi connectivity index (χ4n) is 1.53. The van der Waals surface area contributed by atoms with E-state index < -0.39 is 0 Å². The predicted octanol–water partition coefficient (Wildman–Crippen LogP) is 3.37. The van der Waals surface area contributed by atoms with Crippen molar-refractivity contribution in [1.82, 2.24) is 0 Å². The van der Waals surface area contributed by atoms with Crippen LogP contribution in [0.2, 0.25) is 0 Å². The van der Waals surface area contributed by atoms with Crippen molar-refractivity contribution in [3.05, 3.63) is 0 Å². The Morgan fingerprint density at radius 3 is 2.58 bits per heavy atom. The van der Waals surface area contributed by atoms with Crippen LogP contribution in [0.1, 0.15) is 39.0 Å². The van der Waals surface area contributed by atoms with Gasteiger partial charge in [0, 0.05) is 17.4 Å². The summed E-state index contributed by atoms with van der Waals surface area (Å²) in [5.74, 6) is 0. The maximum Gasteiger partial charge on any atom is 0.0530 e. The Balaban J connectivity index is 2.04. The smallest absolute Gasteiger partial charge is 0.0530 e. The van der Waals surface area contributed by atoms with Crippen LogP contribution >= 0.6 is 15.9 Å². The van der Waals surface area contributed by atoms with Crippen LogP contribution in [0.3, 0.4) is 0 Å². The molecule has 0 N–H and O–H groups in total. The second-order valence-electron chi connectivity index (χ2n) is 3.89. The molecule has 0 aromatic rings. The summed E-state index contributed by atoms with van der Waals surface area (Å²) < 4.78 is 5.64. The molecule has 1 nitrogen and oxygen atoms in total. The molecule has 72 valence electrons. The van der Waals surface area contributed by atoms with Crippen molar-refractivity contribution in [3.63, 3.8) is 0 Å². The van der Waals surface area contributed by atoms with Crippen LogP contribution in [0.25, 0.3) is 0 Å². The molecule has 0 aromatic carbocycles. The summed E-state index contributed by atoms with van der Waals surface area (Å²) in [7, 11) is 0. The van der Waals surface area contributed by atoms with Gasteiger partial charge in [-0.25, -0.2) is 0 Å². The molecule has 0 bridgehead atoms. The van der Waals surface area contributed by atoms with E-state index in [1.165, 1.54) is 32.1 Å². The Bertz CT molecular complexity index is 115. The zero-order valence-electron chi connectivity index (χ0n) is 7.94. The lowest BCUT2D eigenvalue weighted by Crippen LogP contribution is -2.36. The molecule has 1 aliphatic carbocycles. The molecule has 0 aromatic heterocycles. The Morgan fingerprint density at radius 1 is 1.42 bits per heavy atom. The van der Waals surface area contributed by atoms with Crippen molar-refractivity contribution in [1.29, 1.82) is 0 Å². The van der Waals surface area contributed by atoms with Gasteiger partial charge in [-0.1, -0.05) is 35.7 Å². The third kappa shape index (κ3) is 2.74. The highest BCUT2D eigenvalue weighted by atomic mass is 79.9. The summed E-state index contributed by atoms with van der Waals surface area (Å²) in [5, 5.41) is 1.12. The van der Waals surface area contributed by atoms with Gasteiger partial charge >= 0.3 is 0 Å². The van der Waals surface area contributed by atoms with E-state index in [2.05, 4.69) is 22.9 Å². The molecule has 1 rings (SSSR count). The quantitative estimate of drug-likeness (QED) is 0.506. The number of unbranched alkanes of at least 4 members (excludes halogenated alkanes) is 1. The average molecular weight is 235 g/mol. The second-order valence-corrected chi connectivity index (χ2v) is 4.45. The maximum atomic E-state index is 5.64. The van der Waals surface area contributed by atoms with Gasteiger partial charge in [-0.05, 0) is 19.3 Å². The summed E-state index contributed by atoms with van der Waals surface area (Å²) in [4.78, 5) is 0. The topological polar surface area (TPSA) is 9.23 Å². The average Bonchev–Trinajstić information content (AvgIpc) is 2.02. The molecule has 0 saturated heterocycles. The highest BCUT2D eigenvalue weighted by Crippen LogP contribution is 2.42. The number of hydrogen-bond donors (Lipinski definition) is 0. The number of alkyl halides is 1. The molecule has 0 spiro atoms. The molecule has 0 heterocycles. The largest absolute Gasteiger partial charge is 0.381 e. The molecule has 0 amide bonds. The maximum absolute atomic E-state index is 5.64. The Hall–Kier alpha value is 0.440. The summed E-state index contributed by atoms with van der Waals surface area (Å²) in [6.07, 6.45) is 6.54. The van der Waals surface area contributed by atoms with Crippen molar-refractivity contribution >= 4 is 15.9 Å². The molecule has 12 heavy (non-hydrogen) atoms. The van der Waals surface area contributed by atoms with E-state index in [1.807, 2.05) is 0 Å². The standard InChI is InChI=1S/C10H19BrO/c1-2-3-7-12-9-10(8-11)5-4-6-10/h2-9H2,1H3. The van der Waals surface area contributed by atoms with Crippen LogP contribution in [0, 0.1) is 5.41 Å². The van der Waals surface area contributed by atoms with Crippen LogP contribution in [0.15, 0.2) is 0 Å². The van der Waals surface area contributed by atoms with E-state index >= 15 is 0 Å². The van der Waals surface area contributed by atoms with Gasteiger partial charge in [-0.2, -0.15) is 0 Å². The van der Waals surface area contributed by atoms with Crippen LogP contribution in [-0.2, 0) is 4.74 Å². The lowest BCUT2D eigenvalue weighted by molar-refractivity contribution is 0.00998. The Kier molecular flexibility index (Phi) is 4.59. The fraction of sp³-hybridized carbons (Fsp3) is 1.00. The normalized spacial score (nSPS) is 20.5. The Labute approximate surface area is 84.0 Å². The van der Waals surface area contributed by atoms with Gasteiger partial charge in [0.05, 0.1) is 6.61 Å². The fourth-order valence-corrected chi connectivity index (χ4v) is 2.25. The summed E-state index contributed by atoms with van der Waals surface area (Å²) in [6.45, 7) is 4.12. The van der Waals surface area contributed by atoms with E-state index in [0.29, 0.717) is 5.41 Å². The van der Waals surface area contributed by atoms with E-state index in [9.17, 15) is 0 Å². The first-order chi connectivity index (χ1) is 5.83. The predicted molar refractivity (Wildman–Crippen MR) is 55.8 cm³/mol. The van der Waals surface area contributed by atoms with Gasteiger partial charge in [0.15, 0.2) is 0 Å². The molecule has 0 unspecified atom stereocenters. The van der Waals surface area contributed by atoms with Gasteiger partial charge in [0.2, 0.25) is 0 Å². The highest BCUT2D eigenvalue weighted by molar-refractivity contribution is 9.09. The van der Waals surface area contributed by atoms with Crippen LogP contribution in [0.4, 0.5) is 0 Å². The number of ether oxygens (including phenoxy) is 1. The van der Waals surface area contributed by atoms with Gasteiger partial charge < -0.3 is 4.74 Å². The lowest BCUT2D eigenvalue weighted by Gasteiger charge is -2.40. The van der Waals surface area contributed by atoms with Crippen molar-refractivity contribution < 1.29 is 4.74 Å². The summed E-state index contributed by atoms with van der Waals surface area (Å²) in [5.41, 5.74) is 0.508. The molecule has 0 radical (unpaired) electrons. The zero-order chi connectivity index (χ0) is 8.86. The van der Waals surface area contributed by atoms with Crippen molar-refractivity contribution in [2.45, 2.75) is 39.0 Å². The first-order valence-electron chi connectivity index (χ1n) is 4.97. The third-order valence-electron chi connectivity index (χ3n) is 2.75. The Morgan fingerprint density at radius 2 is 2.17 bits per heavy atom. The van der Waals surface area contributed by atoms with Gasteiger partial charge in [-0.3, -0.25) is 0 Å². The van der Waals surface area contributed by atoms with Gasteiger partial charge in [0.1, 0.15) is 0 Å². The zero-order valence-corrected chi connectivity index (χ0v) is 9.53. The van der Waals surface area contributed by atoms with E-state index in [1.54, 1.807) is 0 Å². The molecule has 2 heteroatoms. The van der Waals surface area contributed by atoms with Gasteiger partial charge in [-0.15, -0.1) is 0 Å². The number of halogens is 1. The van der Waals surface area contributed by atoms with Crippen molar-refractivity contribution in [2.75, 3.05) is 18.5 Å². The van der Waals surface area contributed by atoms with Crippen molar-refractivity contribution in [2.24, 2.45) is 5.41 Å². The summed E-state index contributed by atoms with van der Waals surface area (Å²) >= 11 is 3.57. The molecule has 1 fully saturated rings.